The second-order valence-corrected chi connectivity index (χ2v) is 6.99. The number of hydrogen-bond donors (Lipinski definition) is 2. The first-order chi connectivity index (χ1) is 15.0. The lowest BCUT2D eigenvalue weighted by atomic mass is 9.95. The molecular weight excluding hydrogens is 434 g/mol. The predicted molar refractivity (Wildman–Crippen MR) is 117 cm³/mol. The van der Waals surface area contributed by atoms with E-state index in [9.17, 15) is 9.59 Å². The SMILES string of the molecule is COc1cc(C2=C(c3cn(CCN)c4ccccc34)C(=O)NC2=O)cc(OC)c1OC.[Cl-]. The highest BCUT2D eigenvalue weighted by atomic mass is 35.5. The quantitative estimate of drug-likeness (QED) is 0.451. The highest BCUT2D eigenvalue weighted by molar-refractivity contribution is 6.50. The number of ether oxygens (including phenoxy) is 3. The summed E-state index contributed by atoms with van der Waals surface area (Å²) in [5.41, 5.74) is 8.40. The van der Waals surface area contributed by atoms with Crippen LogP contribution in [0.15, 0.2) is 42.6 Å². The Hall–Kier alpha value is -3.49. The molecule has 0 unspecified atom stereocenters. The molecule has 2 heterocycles. The number of hydrogen-bond acceptors (Lipinski definition) is 6. The number of amides is 2. The van der Waals surface area contributed by atoms with E-state index in [1.807, 2.05) is 35.0 Å². The molecular formula is C23H23ClN3O5-. The number of imide groups is 1. The fourth-order valence-electron chi connectivity index (χ4n) is 3.98. The van der Waals surface area contributed by atoms with Crippen LogP contribution in [0, 0.1) is 0 Å². The van der Waals surface area contributed by atoms with Crippen LogP contribution in [-0.2, 0) is 16.1 Å². The van der Waals surface area contributed by atoms with Crippen molar-refractivity contribution in [1.29, 1.82) is 0 Å². The smallest absolute Gasteiger partial charge is 0.259 e. The lowest BCUT2D eigenvalue weighted by molar-refractivity contribution is -0.122. The van der Waals surface area contributed by atoms with Crippen molar-refractivity contribution in [3.05, 3.63) is 53.7 Å². The fraction of sp³-hybridized carbons (Fsp3) is 0.217. The molecule has 2 aromatic carbocycles. The fourth-order valence-corrected chi connectivity index (χ4v) is 3.98. The number of carbonyl (C=O) groups is 2. The van der Waals surface area contributed by atoms with Gasteiger partial charge < -0.3 is 36.9 Å². The van der Waals surface area contributed by atoms with Gasteiger partial charge >= 0.3 is 0 Å². The Morgan fingerprint density at radius 2 is 1.56 bits per heavy atom. The summed E-state index contributed by atoms with van der Waals surface area (Å²) >= 11 is 0. The number of nitrogens with two attached hydrogens (primary N) is 1. The molecule has 9 heteroatoms. The van der Waals surface area contributed by atoms with E-state index in [1.54, 1.807) is 12.1 Å². The Balaban J connectivity index is 0.00000289. The number of nitrogens with zero attached hydrogens (tertiary/aromatic N) is 1. The second-order valence-electron chi connectivity index (χ2n) is 6.99. The second kappa shape index (κ2) is 9.33. The number of aromatic nitrogens is 1. The number of benzene rings is 2. The number of carbonyl (C=O) groups excluding carboxylic acids is 2. The van der Waals surface area contributed by atoms with Crippen molar-refractivity contribution >= 4 is 33.9 Å². The monoisotopic (exact) mass is 456 g/mol. The van der Waals surface area contributed by atoms with Crippen molar-refractivity contribution in [2.75, 3.05) is 27.9 Å². The normalized spacial score (nSPS) is 13.2. The van der Waals surface area contributed by atoms with Crippen LogP contribution < -0.4 is 37.7 Å². The number of fused-ring (bicyclic) bond motifs is 1. The maximum absolute atomic E-state index is 12.9. The minimum absolute atomic E-state index is 0. The van der Waals surface area contributed by atoms with E-state index < -0.39 is 11.8 Å². The highest BCUT2D eigenvalue weighted by Crippen LogP contribution is 2.43. The lowest BCUT2D eigenvalue weighted by Gasteiger charge is -2.14. The van der Waals surface area contributed by atoms with E-state index in [0.29, 0.717) is 47.0 Å². The molecule has 1 aliphatic heterocycles. The maximum atomic E-state index is 12.9. The molecule has 0 atom stereocenters. The third kappa shape index (κ3) is 3.68. The minimum Gasteiger partial charge on any atom is -1.00 e. The van der Waals surface area contributed by atoms with Gasteiger partial charge in [0.15, 0.2) is 11.5 Å². The summed E-state index contributed by atoms with van der Waals surface area (Å²) in [6.07, 6.45) is 1.86. The van der Waals surface area contributed by atoms with Crippen LogP contribution in [0.4, 0.5) is 0 Å². The van der Waals surface area contributed by atoms with E-state index in [1.165, 1.54) is 21.3 Å². The lowest BCUT2D eigenvalue weighted by Crippen LogP contribution is -3.00. The van der Waals surface area contributed by atoms with Crippen LogP contribution in [-0.4, -0.2) is 44.3 Å². The molecule has 1 aliphatic rings. The van der Waals surface area contributed by atoms with Gasteiger partial charge in [-0.15, -0.1) is 0 Å². The van der Waals surface area contributed by atoms with E-state index in [4.69, 9.17) is 19.9 Å². The molecule has 32 heavy (non-hydrogen) atoms. The van der Waals surface area contributed by atoms with Crippen LogP contribution in [0.3, 0.4) is 0 Å². The average molecular weight is 457 g/mol. The zero-order chi connectivity index (χ0) is 22.1. The van der Waals surface area contributed by atoms with Gasteiger partial charge in [0.1, 0.15) is 0 Å². The van der Waals surface area contributed by atoms with Gasteiger partial charge in [0, 0.05) is 35.8 Å². The van der Waals surface area contributed by atoms with E-state index in [-0.39, 0.29) is 18.0 Å². The van der Waals surface area contributed by atoms with Gasteiger partial charge in [-0.2, -0.15) is 0 Å². The molecule has 4 rings (SSSR count). The summed E-state index contributed by atoms with van der Waals surface area (Å²) in [5, 5.41) is 3.29. The highest BCUT2D eigenvalue weighted by Gasteiger charge is 2.34. The topological polar surface area (TPSA) is 105 Å². The molecule has 0 bridgehead atoms. The summed E-state index contributed by atoms with van der Waals surface area (Å²) in [5.74, 6) is 0.248. The summed E-state index contributed by atoms with van der Waals surface area (Å²) < 4.78 is 18.2. The molecule has 8 nitrogen and oxygen atoms in total. The number of rotatable bonds is 7. The van der Waals surface area contributed by atoms with Crippen molar-refractivity contribution in [2.45, 2.75) is 6.54 Å². The van der Waals surface area contributed by atoms with Gasteiger partial charge in [0.25, 0.3) is 11.8 Å². The van der Waals surface area contributed by atoms with Crippen LogP contribution in [0.25, 0.3) is 22.0 Å². The summed E-state index contributed by atoms with van der Waals surface area (Å²) in [4.78, 5) is 25.8. The van der Waals surface area contributed by atoms with Crippen LogP contribution in [0.2, 0.25) is 0 Å². The van der Waals surface area contributed by atoms with Gasteiger partial charge in [-0.05, 0) is 23.8 Å². The number of nitrogens with one attached hydrogen (secondary N) is 1. The largest absolute Gasteiger partial charge is 1.00 e. The van der Waals surface area contributed by atoms with Crippen LogP contribution >= 0.6 is 0 Å². The Bertz CT molecular complexity index is 1210. The molecule has 0 aliphatic carbocycles. The van der Waals surface area contributed by atoms with E-state index in [0.717, 1.165) is 10.9 Å². The van der Waals surface area contributed by atoms with Gasteiger partial charge in [-0.25, -0.2) is 0 Å². The van der Waals surface area contributed by atoms with E-state index in [2.05, 4.69) is 5.32 Å². The third-order valence-electron chi connectivity index (χ3n) is 5.31. The molecule has 0 saturated heterocycles. The van der Waals surface area contributed by atoms with Gasteiger partial charge in [-0.3, -0.25) is 14.9 Å². The Morgan fingerprint density at radius 1 is 0.938 bits per heavy atom. The summed E-state index contributed by atoms with van der Waals surface area (Å²) in [6, 6.07) is 11.0. The zero-order valence-corrected chi connectivity index (χ0v) is 18.7. The van der Waals surface area contributed by atoms with Gasteiger partial charge in [0.2, 0.25) is 5.75 Å². The Morgan fingerprint density at radius 3 is 2.16 bits per heavy atom. The number of halogens is 1. The van der Waals surface area contributed by atoms with Gasteiger partial charge in [0.05, 0.1) is 32.5 Å². The predicted octanol–water partition coefficient (Wildman–Crippen LogP) is -0.803. The molecule has 3 aromatic rings. The van der Waals surface area contributed by atoms with Crippen molar-refractivity contribution in [1.82, 2.24) is 9.88 Å². The number of para-hydroxylation sites is 1. The first kappa shape index (κ1) is 23.2. The maximum Gasteiger partial charge on any atom is 0.259 e. The summed E-state index contributed by atoms with van der Waals surface area (Å²) in [7, 11) is 4.50. The molecule has 168 valence electrons. The Kier molecular flexibility index (Phi) is 6.76. The first-order valence-electron chi connectivity index (χ1n) is 9.72. The van der Waals surface area contributed by atoms with Gasteiger partial charge in [-0.1, -0.05) is 18.2 Å². The first-order valence-corrected chi connectivity index (χ1v) is 9.72. The molecule has 2 amide bonds. The van der Waals surface area contributed by atoms with Crippen molar-refractivity contribution in [2.24, 2.45) is 5.73 Å². The third-order valence-corrected chi connectivity index (χ3v) is 5.31. The van der Waals surface area contributed by atoms with E-state index >= 15 is 0 Å². The standard InChI is InChI=1S/C23H23N3O5.ClH/c1-29-17-10-13(11-18(30-2)21(17)31-3)19-20(23(28)25-22(19)27)15-12-26(9-8-24)16-7-5-4-6-14(15)16;/h4-7,10-12H,8-9,24H2,1-3H3,(H,25,27,28);1H/p-1. The van der Waals surface area contributed by atoms with Crippen molar-refractivity contribution < 1.29 is 36.2 Å². The minimum atomic E-state index is -0.482. The van der Waals surface area contributed by atoms with Crippen molar-refractivity contribution in [3.63, 3.8) is 0 Å². The Labute approximate surface area is 191 Å². The number of methoxy groups -OCH3 is 3. The van der Waals surface area contributed by atoms with Crippen LogP contribution in [0.1, 0.15) is 11.1 Å². The van der Waals surface area contributed by atoms with Crippen molar-refractivity contribution in [3.8, 4) is 17.2 Å². The average Bonchev–Trinajstić information content (AvgIpc) is 3.28. The zero-order valence-electron chi connectivity index (χ0n) is 17.9. The molecule has 0 radical (unpaired) electrons. The van der Waals surface area contributed by atoms with Crippen LogP contribution in [0.5, 0.6) is 17.2 Å². The summed E-state index contributed by atoms with van der Waals surface area (Å²) in [6.45, 7) is 1.03. The molecule has 3 N–H and O–H groups in total. The molecule has 0 fully saturated rings. The molecule has 0 spiro atoms. The molecule has 0 saturated carbocycles. The molecule has 1 aromatic heterocycles.